The number of nitrogens with two attached hydrogens (primary N) is 1. The van der Waals surface area contributed by atoms with Gasteiger partial charge in [-0.05, 0) is 55.8 Å². The van der Waals surface area contributed by atoms with Crippen molar-refractivity contribution in [2.45, 2.75) is 38.9 Å². The summed E-state index contributed by atoms with van der Waals surface area (Å²) in [6.45, 7) is 4.63. The number of nitrogen functional groups attached to an aromatic ring is 1. The molecule has 1 aliphatic rings. The second kappa shape index (κ2) is 8.80. The van der Waals surface area contributed by atoms with Gasteiger partial charge in [0, 0.05) is 24.1 Å². The van der Waals surface area contributed by atoms with E-state index in [2.05, 4.69) is 5.43 Å². The van der Waals surface area contributed by atoms with Gasteiger partial charge in [0.15, 0.2) is 0 Å². The standard InChI is InChI=1S/C22H26N2O4/c1-3-26-21(25)11-13-22(2)12-10-17-14-19(8-9-20(17)28-22)27-15-16-4-6-18(24-23)7-5-16/h4-10,12,14,24H,3,11,13,15,23H2,1-2H3. The Morgan fingerprint density at radius 1 is 1.21 bits per heavy atom. The monoisotopic (exact) mass is 382 g/mol. The number of hydrazine groups is 1. The lowest BCUT2D eigenvalue weighted by molar-refractivity contribution is -0.143. The number of rotatable bonds is 8. The van der Waals surface area contributed by atoms with Gasteiger partial charge >= 0.3 is 5.97 Å². The summed E-state index contributed by atoms with van der Waals surface area (Å²) in [6, 6.07) is 13.5. The first-order valence-electron chi connectivity index (χ1n) is 9.37. The summed E-state index contributed by atoms with van der Waals surface area (Å²) in [5.74, 6) is 6.71. The molecule has 1 unspecified atom stereocenters. The number of ether oxygens (including phenoxy) is 3. The number of nitrogens with one attached hydrogen (secondary N) is 1. The van der Waals surface area contributed by atoms with Crippen molar-refractivity contribution in [2.24, 2.45) is 5.84 Å². The molecule has 0 spiro atoms. The molecule has 1 aliphatic heterocycles. The molecule has 0 saturated carbocycles. The number of anilines is 1. The highest BCUT2D eigenvalue weighted by Gasteiger charge is 2.28. The van der Waals surface area contributed by atoms with E-state index in [0.29, 0.717) is 26.1 Å². The average Bonchev–Trinajstić information content (AvgIpc) is 2.71. The first-order valence-corrected chi connectivity index (χ1v) is 9.37. The van der Waals surface area contributed by atoms with Crippen molar-refractivity contribution in [3.63, 3.8) is 0 Å². The van der Waals surface area contributed by atoms with E-state index < -0.39 is 5.60 Å². The van der Waals surface area contributed by atoms with E-state index in [4.69, 9.17) is 20.1 Å². The van der Waals surface area contributed by atoms with Crippen LogP contribution in [-0.2, 0) is 16.1 Å². The summed E-state index contributed by atoms with van der Waals surface area (Å²) in [7, 11) is 0. The second-order valence-electron chi connectivity index (χ2n) is 6.88. The molecule has 3 rings (SSSR count). The Balaban J connectivity index is 1.60. The highest BCUT2D eigenvalue weighted by atomic mass is 16.5. The van der Waals surface area contributed by atoms with E-state index in [0.717, 1.165) is 28.3 Å². The zero-order valence-corrected chi connectivity index (χ0v) is 16.2. The lowest BCUT2D eigenvalue weighted by Gasteiger charge is -2.31. The SMILES string of the molecule is CCOC(=O)CCC1(C)C=Cc2cc(OCc3ccc(NN)cc3)ccc2O1. The Kier molecular flexibility index (Phi) is 6.21. The normalized spacial score (nSPS) is 17.4. The van der Waals surface area contributed by atoms with Crippen LogP contribution >= 0.6 is 0 Å². The van der Waals surface area contributed by atoms with Gasteiger partial charge in [-0.3, -0.25) is 10.6 Å². The van der Waals surface area contributed by atoms with E-state index in [1.54, 1.807) is 6.92 Å². The average molecular weight is 382 g/mol. The Morgan fingerprint density at radius 3 is 2.71 bits per heavy atom. The first-order chi connectivity index (χ1) is 13.5. The van der Waals surface area contributed by atoms with Gasteiger partial charge < -0.3 is 19.6 Å². The summed E-state index contributed by atoms with van der Waals surface area (Å²) in [4.78, 5) is 11.6. The number of esters is 1. The number of benzene rings is 2. The van der Waals surface area contributed by atoms with E-state index in [-0.39, 0.29) is 5.97 Å². The molecule has 0 amide bonds. The van der Waals surface area contributed by atoms with Crippen molar-refractivity contribution in [1.82, 2.24) is 0 Å². The Morgan fingerprint density at radius 2 is 2.00 bits per heavy atom. The number of hydrogen-bond donors (Lipinski definition) is 2. The van der Waals surface area contributed by atoms with Gasteiger partial charge in [-0.2, -0.15) is 0 Å². The maximum atomic E-state index is 11.6. The smallest absolute Gasteiger partial charge is 0.305 e. The quantitative estimate of drug-likeness (QED) is 0.407. The van der Waals surface area contributed by atoms with Crippen molar-refractivity contribution in [2.75, 3.05) is 12.0 Å². The third-order valence-corrected chi connectivity index (χ3v) is 4.60. The van der Waals surface area contributed by atoms with Crippen LogP contribution in [0.1, 0.15) is 37.8 Å². The first kappa shape index (κ1) is 19.8. The molecule has 28 heavy (non-hydrogen) atoms. The lowest BCUT2D eigenvalue weighted by Crippen LogP contribution is -2.32. The fourth-order valence-corrected chi connectivity index (χ4v) is 2.97. The van der Waals surface area contributed by atoms with Gasteiger partial charge in [-0.15, -0.1) is 0 Å². The van der Waals surface area contributed by atoms with Crippen molar-refractivity contribution >= 4 is 17.7 Å². The Labute approximate surface area is 165 Å². The highest BCUT2D eigenvalue weighted by molar-refractivity contribution is 5.70. The van der Waals surface area contributed by atoms with Gasteiger partial charge in [0.2, 0.25) is 0 Å². The highest BCUT2D eigenvalue weighted by Crippen LogP contribution is 2.35. The van der Waals surface area contributed by atoms with Crippen molar-refractivity contribution in [3.05, 3.63) is 59.7 Å². The van der Waals surface area contributed by atoms with Crippen LogP contribution in [0.5, 0.6) is 11.5 Å². The summed E-state index contributed by atoms with van der Waals surface area (Å²) in [5.41, 5.74) is 4.93. The molecule has 0 aromatic heterocycles. The maximum Gasteiger partial charge on any atom is 0.305 e. The molecule has 6 heteroatoms. The molecule has 148 valence electrons. The molecule has 0 aliphatic carbocycles. The minimum absolute atomic E-state index is 0.203. The predicted octanol–water partition coefficient (Wildman–Crippen LogP) is 4.06. The number of hydrogen-bond acceptors (Lipinski definition) is 6. The number of carbonyl (C=O) groups is 1. The minimum atomic E-state index is -0.527. The minimum Gasteiger partial charge on any atom is -0.489 e. The molecule has 2 aromatic carbocycles. The van der Waals surface area contributed by atoms with Crippen LogP contribution < -0.4 is 20.7 Å². The van der Waals surface area contributed by atoms with Crippen LogP contribution in [0.2, 0.25) is 0 Å². The fourth-order valence-electron chi connectivity index (χ4n) is 2.97. The summed E-state index contributed by atoms with van der Waals surface area (Å²) in [5, 5.41) is 0. The molecule has 0 fully saturated rings. The Hall–Kier alpha value is -2.99. The van der Waals surface area contributed by atoms with E-state index >= 15 is 0 Å². The summed E-state index contributed by atoms with van der Waals surface area (Å²) in [6.07, 6.45) is 4.88. The Bertz CT molecular complexity index is 848. The van der Waals surface area contributed by atoms with E-state index in [1.165, 1.54) is 0 Å². The largest absolute Gasteiger partial charge is 0.489 e. The number of fused-ring (bicyclic) bond motifs is 1. The molecule has 0 bridgehead atoms. The lowest BCUT2D eigenvalue weighted by atomic mass is 9.95. The maximum absolute atomic E-state index is 11.6. The van der Waals surface area contributed by atoms with Crippen molar-refractivity contribution in [1.29, 1.82) is 0 Å². The predicted molar refractivity (Wildman–Crippen MR) is 109 cm³/mol. The van der Waals surface area contributed by atoms with Crippen LogP contribution in [0.25, 0.3) is 6.08 Å². The van der Waals surface area contributed by atoms with Gasteiger partial charge in [-0.25, -0.2) is 0 Å². The van der Waals surface area contributed by atoms with Crippen LogP contribution in [0.3, 0.4) is 0 Å². The third-order valence-electron chi connectivity index (χ3n) is 4.60. The molecule has 3 N–H and O–H groups in total. The fraction of sp³-hybridized carbons (Fsp3) is 0.318. The molecular weight excluding hydrogens is 356 g/mol. The third kappa shape index (κ3) is 5.04. The van der Waals surface area contributed by atoms with Gasteiger partial charge in [0.1, 0.15) is 23.7 Å². The molecule has 1 atom stereocenters. The summed E-state index contributed by atoms with van der Waals surface area (Å²) < 4.78 is 17.0. The van der Waals surface area contributed by atoms with Gasteiger partial charge in [0.05, 0.1) is 6.61 Å². The van der Waals surface area contributed by atoms with Crippen LogP contribution in [0.15, 0.2) is 48.5 Å². The van der Waals surface area contributed by atoms with Crippen molar-refractivity contribution in [3.8, 4) is 11.5 Å². The molecule has 6 nitrogen and oxygen atoms in total. The molecular formula is C22H26N2O4. The van der Waals surface area contributed by atoms with Gasteiger partial charge in [0.25, 0.3) is 0 Å². The topological polar surface area (TPSA) is 82.8 Å². The zero-order valence-electron chi connectivity index (χ0n) is 16.2. The van der Waals surface area contributed by atoms with Gasteiger partial charge in [-0.1, -0.05) is 18.2 Å². The van der Waals surface area contributed by atoms with E-state index in [1.807, 2.05) is 61.5 Å². The molecule has 2 aromatic rings. The van der Waals surface area contributed by atoms with Crippen LogP contribution in [-0.4, -0.2) is 18.2 Å². The van der Waals surface area contributed by atoms with E-state index in [9.17, 15) is 4.79 Å². The second-order valence-corrected chi connectivity index (χ2v) is 6.88. The van der Waals surface area contributed by atoms with Crippen molar-refractivity contribution < 1.29 is 19.0 Å². The van der Waals surface area contributed by atoms with Crippen LogP contribution in [0, 0.1) is 0 Å². The number of carbonyl (C=O) groups excluding carboxylic acids is 1. The zero-order chi connectivity index (χ0) is 20.0. The van der Waals surface area contributed by atoms with Crippen LogP contribution in [0.4, 0.5) is 5.69 Å². The molecule has 0 saturated heterocycles. The molecule has 0 radical (unpaired) electrons. The molecule has 1 heterocycles. The summed E-state index contributed by atoms with van der Waals surface area (Å²) >= 11 is 0.